The number of rotatable bonds is 2. The van der Waals surface area contributed by atoms with Gasteiger partial charge in [-0.1, -0.05) is 36.4 Å². The Labute approximate surface area is 147 Å². The number of hydrogen-bond acceptors (Lipinski definition) is 4. The van der Waals surface area contributed by atoms with E-state index in [1.807, 2.05) is 48.5 Å². The van der Waals surface area contributed by atoms with Gasteiger partial charge in [-0.2, -0.15) is 0 Å². The van der Waals surface area contributed by atoms with Gasteiger partial charge in [0, 0.05) is 24.2 Å². The van der Waals surface area contributed by atoms with Gasteiger partial charge in [-0.15, -0.1) is 0 Å². The Bertz CT molecular complexity index is 892. The molecule has 2 aromatic rings. The molecule has 0 saturated carbocycles. The minimum atomic E-state index is -3.04. The maximum Gasteiger partial charge on any atom is 0.234 e. The number of carbonyl (C=O) groups excluding carboxylic acids is 1. The molecule has 6 heteroatoms. The fourth-order valence-electron chi connectivity index (χ4n) is 3.64. The molecule has 2 aromatic carbocycles. The number of para-hydroxylation sites is 2. The minimum Gasteiger partial charge on any atom is -0.457 e. The molecule has 0 radical (unpaired) electrons. The van der Waals surface area contributed by atoms with Crippen molar-refractivity contribution in [2.24, 2.45) is 0 Å². The van der Waals surface area contributed by atoms with E-state index in [4.69, 9.17) is 4.74 Å². The molecular weight excluding hydrogens is 338 g/mol. The van der Waals surface area contributed by atoms with Crippen molar-refractivity contribution in [1.29, 1.82) is 0 Å². The van der Waals surface area contributed by atoms with Crippen LogP contribution in [0.1, 0.15) is 23.5 Å². The van der Waals surface area contributed by atoms with Crippen molar-refractivity contribution >= 4 is 15.7 Å². The molecule has 4 rings (SSSR count). The summed E-state index contributed by atoms with van der Waals surface area (Å²) in [7, 11) is -1.34. The molecule has 2 aliphatic rings. The van der Waals surface area contributed by atoms with E-state index in [1.165, 1.54) is 0 Å². The molecule has 0 spiro atoms. The van der Waals surface area contributed by atoms with Gasteiger partial charge in [0.05, 0.1) is 17.4 Å². The van der Waals surface area contributed by atoms with Crippen LogP contribution in [0.4, 0.5) is 0 Å². The summed E-state index contributed by atoms with van der Waals surface area (Å²) in [5.74, 6) is 0.969. The average Bonchev–Trinajstić information content (AvgIpc) is 2.98. The van der Waals surface area contributed by atoms with Crippen molar-refractivity contribution in [1.82, 2.24) is 4.90 Å². The molecule has 0 bridgehead atoms. The molecule has 0 N–H and O–H groups in total. The van der Waals surface area contributed by atoms with E-state index in [2.05, 4.69) is 0 Å². The summed E-state index contributed by atoms with van der Waals surface area (Å²) in [5, 5.41) is 0. The van der Waals surface area contributed by atoms with Gasteiger partial charge in [0.2, 0.25) is 5.91 Å². The standard InChI is InChI=1S/C19H19NO4S/c1-20(13-10-11-25(22,23)12-13)19(21)18-14-6-2-4-8-16(14)24-17-9-5-3-7-15(17)18/h2-9,13,18H,10-12H2,1H3/t13-/m0/s1. The highest BCUT2D eigenvalue weighted by atomic mass is 32.2. The van der Waals surface area contributed by atoms with Gasteiger partial charge in [-0.25, -0.2) is 8.42 Å². The highest BCUT2D eigenvalue weighted by Crippen LogP contribution is 2.44. The summed E-state index contributed by atoms with van der Waals surface area (Å²) in [6.07, 6.45) is 0.497. The molecular formula is C19H19NO4S. The Morgan fingerprint density at radius 2 is 1.60 bits per heavy atom. The molecule has 1 amide bonds. The number of benzene rings is 2. The molecule has 1 atom stereocenters. The third-order valence-corrected chi connectivity index (χ3v) is 6.78. The molecule has 2 heterocycles. The summed E-state index contributed by atoms with van der Waals surface area (Å²) < 4.78 is 29.5. The third-order valence-electron chi connectivity index (χ3n) is 5.03. The normalized spacial score (nSPS) is 21.1. The third kappa shape index (κ3) is 2.80. The minimum absolute atomic E-state index is 0.0434. The lowest BCUT2D eigenvalue weighted by molar-refractivity contribution is -0.132. The number of nitrogens with zero attached hydrogens (tertiary/aromatic N) is 1. The lowest BCUT2D eigenvalue weighted by Gasteiger charge is -2.32. The molecule has 5 nitrogen and oxygen atoms in total. The highest BCUT2D eigenvalue weighted by molar-refractivity contribution is 7.91. The molecule has 130 valence electrons. The van der Waals surface area contributed by atoms with Gasteiger partial charge < -0.3 is 9.64 Å². The van der Waals surface area contributed by atoms with Crippen LogP contribution in [0.3, 0.4) is 0 Å². The van der Waals surface area contributed by atoms with Crippen molar-refractivity contribution in [2.75, 3.05) is 18.6 Å². The first-order valence-electron chi connectivity index (χ1n) is 8.29. The van der Waals surface area contributed by atoms with Crippen LogP contribution in [-0.2, 0) is 14.6 Å². The SMILES string of the molecule is CN(C(=O)C1c2ccccc2Oc2ccccc21)[C@H]1CCS(=O)(=O)C1. The van der Waals surface area contributed by atoms with E-state index in [1.54, 1.807) is 11.9 Å². The summed E-state index contributed by atoms with van der Waals surface area (Å²) in [6.45, 7) is 0. The molecule has 25 heavy (non-hydrogen) atoms. The van der Waals surface area contributed by atoms with E-state index >= 15 is 0 Å². The Kier molecular flexibility index (Phi) is 3.80. The number of hydrogen-bond donors (Lipinski definition) is 0. The van der Waals surface area contributed by atoms with Crippen LogP contribution in [0.25, 0.3) is 0 Å². The quantitative estimate of drug-likeness (QED) is 0.829. The summed E-state index contributed by atoms with van der Waals surface area (Å²) in [5.41, 5.74) is 1.64. The van der Waals surface area contributed by atoms with Crippen LogP contribution in [-0.4, -0.2) is 43.8 Å². The van der Waals surface area contributed by atoms with Gasteiger partial charge in [-0.05, 0) is 18.6 Å². The van der Waals surface area contributed by atoms with Crippen LogP contribution in [0.5, 0.6) is 11.5 Å². The first-order valence-corrected chi connectivity index (χ1v) is 10.1. The second-order valence-corrected chi connectivity index (χ2v) is 8.85. The number of amides is 1. The van der Waals surface area contributed by atoms with Crippen LogP contribution < -0.4 is 4.74 Å². The maximum atomic E-state index is 13.3. The van der Waals surface area contributed by atoms with Crippen LogP contribution in [0.2, 0.25) is 0 Å². The number of ether oxygens (including phenoxy) is 1. The molecule has 0 aliphatic carbocycles. The summed E-state index contributed by atoms with van der Waals surface area (Å²) >= 11 is 0. The molecule has 0 unspecified atom stereocenters. The number of sulfone groups is 1. The predicted molar refractivity (Wildman–Crippen MR) is 94.6 cm³/mol. The van der Waals surface area contributed by atoms with E-state index < -0.39 is 15.8 Å². The molecule has 1 saturated heterocycles. The van der Waals surface area contributed by atoms with E-state index in [0.717, 1.165) is 11.1 Å². The summed E-state index contributed by atoms with van der Waals surface area (Å²) in [6, 6.07) is 14.8. The Morgan fingerprint density at radius 1 is 1.04 bits per heavy atom. The van der Waals surface area contributed by atoms with Gasteiger partial charge in [0.15, 0.2) is 9.84 Å². The Hall–Kier alpha value is -2.34. The second-order valence-electron chi connectivity index (χ2n) is 6.62. The lowest BCUT2D eigenvalue weighted by Crippen LogP contribution is -2.41. The van der Waals surface area contributed by atoms with Crippen molar-refractivity contribution in [3.05, 3.63) is 59.7 Å². The van der Waals surface area contributed by atoms with Crippen molar-refractivity contribution in [3.63, 3.8) is 0 Å². The zero-order chi connectivity index (χ0) is 17.6. The molecule has 1 fully saturated rings. The van der Waals surface area contributed by atoms with E-state index in [-0.39, 0.29) is 23.5 Å². The largest absolute Gasteiger partial charge is 0.457 e. The maximum absolute atomic E-state index is 13.3. The first-order chi connectivity index (χ1) is 12.0. The van der Waals surface area contributed by atoms with Crippen molar-refractivity contribution in [3.8, 4) is 11.5 Å². The summed E-state index contributed by atoms with van der Waals surface area (Å²) in [4.78, 5) is 14.9. The van der Waals surface area contributed by atoms with Gasteiger partial charge in [-0.3, -0.25) is 4.79 Å². The highest BCUT2D eigenvalue weighted by Gasteiger charge is 2.39. The number of fused-ring (bicyclic) bond motifs is 2. The van der Waals surface area contributed by atoms with Gasteiger partial charge in [0.25, 0.3) is 0 Å². The monoisotopic (exact) mass is 357 g/mol. The van der Waals surface area contributed by atoms with Gasteiger partial charge >= 0.3 is 0 Å². The predicted octanol–water partition coefficient (Wildman–Crippen LogP) is 2.57. The topological polar surface area (TPSA) is 63.7 Å². The average molecular weight is 357 g/mol. The molecule has 2 aliphatic heterocycles. The zero-order valence-corrected chi connectivity index (χ0v) is 14.7. The Balaban J connectivity index is 1.73. The van der Waals surface area contributed by atoms with Crippen molar-refractivity contribution < 1.29 is 17.9 Å². The van der Waals surface area contributed by atoms with Crippen LogP contribution >= 0.6 is 0 Å². The van der Waals surface area contributed by atoms with Crippen LogP contribution in [0, 0.1) is 0 Å². The second kappa shape index (κ2) is 5.88. The number of carbonyl (C=O) groups is 1. The fourth-order valence-corrected chi connectivity index (χ4v) is 5.41. The smallest absolute Gasteiger partial charge is 0.234 e. The molecule has 0 aromatic heterocycles. The number of likely N-dealkylation sites (N-methyl/N-ethyl adjacent to an activating group) is 1. The first kappa shape index (κ1) is 16.1. The fraction of sp³-hybridized carbons (Fsp3) is 0.316. The van der Waals surface area contributed by atoms with E-state index in [0.29, 0.717) is 17.9 Å². The van der Waals surface area contributed by atoms with E-state index in [9.17, 15) is 13.2 Å². The van der Waals surface area contributed by atoms with Gasteiger partial charge in [0.1, 0.15) is 11.5 Å². The lowest BCUT2D eigenvalue weighted by atomic mass is 9.86. The van der Waals surface area contributed by atoms with Crippen LogP contribution in [0.15, 0.2) is 48.5 Å². The Morgan fingerprint density at radius 3 is 2.12 bits per heavy atom. The van der Waals surface area contributed by atoms with Crippen molar-refractivity contribution in [2.45, 2.75) is 18.4 Å². The zero-order valence-electron chi connectivity index (χ0n) is 13.9.